The van der Waals surface area contributed by atoms with Gasteiger partial charge in [-0.1, -0.05) is 45.7 Å². The van der Waals surface area contributed by atoms with E-state index >= 15 is 0 Å². The van der Waals surface area contributed by atoms with Crippen LogP contribution in [-0.2, 0) is 9.53 Å². The van der Waals surface area contributed by atoms with Crippen LogP contribution in [0.2, 0.25) is 5.02 Å². The van der Waals surface area contributed by atoms with Gasteiger partial charge in [0.05, 0.1) is 10.6 Å². The summed E-state index contributed by atoms with van der Waals surface area (Å²) in [6.07, 6.45) is 0. The molecule has 118 valence electrons. The van der Waals surface area contributed by atoms with Crippen LogP contribution in [0.3, 0.4) is 0 Å². The maximum atomic E-state index is 11.9. The van der Waals surface area contributed by atoms with Crippen LogP contribution in [0.1, 0.15) is 20.7 Å². The molecule has 0 bridgehead atoms. The van der Waals surface area contributed by atoms with Gasteiger partial charge in [-0.2, -0.15) is 0 Å². The zero-order valence-corrected chi connectivity index (χ0v) is 14.1. The van der Waals surface area contributed by atoms with Gasteiger partial charge < -0.3 is 4.74 Å². The number of ether oxygens (including phenoxy) is 1. The zero-order chi connectivity index (χ0) is 16.8. The summed E-state index contributed by atoms with van der Waals surface area (Å²) in [6, 6.07) is 12.9. The lowest BCUT2D eigenvalue weighted by Gasteiger charge is -2.07. The molecule has 0 radical (unpaired) electrons. The van der Waals surface area contributed by atoms with Crippen LogP contribution in [0.5, 0.6) is 0 Å². The summed E-state index contributed by atoms with van der Waals surface area (Å²) in [7, 11) is 0. The summed E-state index contributed by atoms with van der Waals surface area (Å²) in [4.78, 5) is 35.3. The number of benzene rings is 2. The third-order valence-electron chi connectivity index (χ3n) is 2.77. The monoisotopic (exact) mass is 395 g/mol. The number of imide groups is 1. The number of amides is 2. The van der Waals surface area contributed by atoms with Gasteiger partial charge in [-0.3, -0.25) is 14.9 Å². The molecule has 5 nitrogen and oxygen atoms in total. The molecule has 0 fully saturated rings. The highest BCUT2D eigenvalue weighted by Crippen LogP contribution is 2.21. The Labute approximate surface area is 145 Å². The Kier molecular flexibility index (Phi) is 5.90. The van der Waals surface area contributed by atoms with Gasteiger partial charge in [-0.15, -0.1) is 0 Å². The van der Waals surface area contributed by atoms with Crippen LogP contribution in [-0.4, -0.2) is 24.4 Å². The minimum Gasteiger partial charge on any atom is -0.452 e. The van der Waals surface area contributed by atoms with Gasteiger partial charge >= 0.3 is 5.97 Å². The lowest BCUT2D eigenvalue weighted by molar-refractivity contribution is -0.123. The second kappa shape index (κ2) is 7.89. The quantitative estimate of drug-likeness (QED) is 0.806. The van der Waals surface area contributed by atoms with Crippen molar-refractivity contribution in [3.8, 4) is 0 Å². The molecule has 0 unspecified atom stereocenters. The van der Waals surface area contributed by atoms with Crippen LogP contribution in [0.4, 0.5) is 0 Å². The Morgan fingerprint density at radius 1 is 1.09 bits per heavy atom. The summed E-state index contributed by atoms with van der Waals surface area (Å²) >= 11 is 9.11. The molecule has 0 aliphatic carbocycles. The maximum Gasteiger partial charge on any atom is 0.340 e. The van der Waals surface area contributed by atoms with E-state index in [-0.39, 0.29) is 10.6 Å². The van der Waals surface area contributed by atoms with E-state index in [1.54, 1.807) is 36.4 Å². The number of esters is 1. The molecule has 0 saturated carbocycles. The Morgan fingerprint density at radius 2 is 1.78 bits per heavy atom. The first-order chi connectivity index (χ1) is 11.0. The van der Waals surface area contributed by atoms with Crippen LogP contribution in [0.15, 0.2) is 53.0 Å². The Hall–Kier alpha value is -2.18. The molecule has 0 spiro atoms. The second-order valence-corrected chi connectivity index (χ2v) is 5.77. The van der Waals surface area contributed by atoms with Crippen molar-refractivity contribution in [2.24, 2.45) is 0 Å². The van der Waals surface area contributed by atoms with E-state index in [4.69, 9.17) is 16.3 Å². The third-order valence-corrected chi connectivity index (χ3v) is 3.59. The van der Waals surface area contributed by atoms with Gasteiger partial charge in [0.1, 0.15) is 0 Å². The molecule has 0 atom stereocenters. The molecule has 7 heteroatoms. The van der Waals surface area contributed by atoms with Crippen molar-refractivity contribution in [3.05, 3.63) is 69.2 Å². The predicted molar refractivity (Wildman–Crippen MR) is 88.3 cm³/mol. The van der Waals surface area contributed by atoms with Crippen LogP contribution in [0, 0.1) is 0 Å². The Morgan fingerprint density at radius 3 is 2.48 bits per heavy atom. The van der Waals surface area contributed by atoms with Gasteiger partial charge in [-0.05, 0) is 30.3 Å². The molecular formula is C16H11BrClNO4. The van der Waals surface area contributed by atoms with Crippen molar-refractivity contribution >= 4 is 45.3 Å². The summed E-state index contributed by atoms with van der Waals surface area (Å²) in [5.74, 6) is -2.04. The molecule has 23 heavy (non-hydrogen) atoms. The smallest absolute Gasteiger partial charge is 0.340 e. The van der Waals surface area contributed by atoms with Gasteiger partial charge in [0.2, 0.25) is 0 Å². The third kappa shape index (κ3) is 4.91. The molecule has 2 rings (SSSR count). The normalized spacial score (nSPS) is 10.0. The molecule has 0 heterocycles. The molecule has 2 aromatic carbocycles. The first kappa shape index (κ1) is 17.2. The van der Waals surface area contributed by atoms with E-state index in [0.717, 1.165) is 0 Å². The maximum absolute atomic E-state index is 11.9. The fraction of sp³-hybridized carbons (Fsp3) is 0.0625. The lowest BCUT2D eigenvalue weighted by Crippen LogP contribution is -2.34. The van der Waals surface area contributed by atoms with Gasteiger partial charge in [0.15, 0.2) is 6.61 Å². The average Bonchev–Trinajstić information content (AvgIpc) is 2.55. The summed E-state index contributed by atoms with van der Waals surface area (Å²) in [6.45, 7) is -0.583. The highest BCUT2D eigenvalue weighted by atomic mass is 79.9. The summed E-state index contributed by atoms with van der Waals surface area (Å²) < 4.78 is 5.50. The van der Waals surface area contributed by atoms with E-state index in [9.17, 15) is 14.4 Å². The number of hydrogen-bond donors (Lipinski definition) is 1. The number of rotatable bonds is 4. The number of carbonyl (C=O) groups excluding carboxylic acids is 3. The number of nitrogens with one attached hydrogen (secondary N) is 1. The Bertz CT molecular complexity index is 749. The molecule has 0 aliphatic rings. The first-order valence-corrected chi connectivity index (χ1v) is 7.66. The molecular weight excluding hydrogens is 386 g/mol. The molecule has 0 aromatic heterocycles. The highest BCUT2D eigenvalue weighted by Gasteiger charge is 2.16. The molecule has 0 aliphatic heterocycles. The number of hydrogen-bond acceptors (Lipinski definition) is 4. The van der Waals surface area contributed by atoms with Gasteiger partial charge in [0, 0.05) is 10.0 Å². The minimum atomic E-state index is -0.751. The van der Waals surface area contributed by atoms with Gasteiger partial charge in [-0.25, -0.2) is 4.79 Å². The van der Waals surface area contributed by atoms with Crippen molar-refractivity contribution in [2.75, 3.05) is 6.61 Å². The van der Waals surface area contributed by atoms with E-state index in [1.807, 2.05) is 0 Å². The predicted octanol–water partition coefficient (Wildman–Crippen LogP) is 3.22. The van der Waals surface area contributed by atoms with Crippen molar-refractivity contribution in [1.29, 1.82) is 0 Å². The average molecular weight is 397 g/mol. The summed E-state index contributed by atoms with van der Waals surface area (Å²) in [5, 5.41) is 2.34. The highest BCUT2D eigenvalue weighted by molar-refractivity contribution is 9.10. The zero-order valence-electron chi connectivity index (χ0n) is 11.7. The second-order valence-electron chi connectivity index (χ2n) is 4.44. The van der Waals surface area contributed by atoms with E-state index in [1.165, 1.54) is 12.1 Å². The molecule has 2 aromatic rings. The van der Waals surface area contributed by atoms with Crippen molar-refractivity contribution in [1.82, 2.24) is 5.32 Å². The van der Waals surface area contributed by atoms with E-state index in [0.29, 0.717) is 10.0 Å². The van der Waals surface area contributed by atoms with Crippen molar-refractivity contribution in [3.63, 3.8) is 0 Å². The minimum absolute atomic E-state index is 0.128. The fourth-order valence-electron chi connectivity index (χ4n) is 1.69. The summed E-state index contributed by atoms with van der Waals surface area (Å²) in [5.41, 5.74) is 0.463. The van der Waals surface area contributed by atoms with Crippen LogP contribution in [0.25, 0.3) is 0 Å². The number of carbonyl (C=O) groups is 3. The molecule has 0 saturated heterocycles. The lowest BCUT2D eigenvalue weighted by atomic mass is 10.2. The van der Waals surface area contributed by atoms with Crippen molar-refractivity contribution in [2.45, 2.75) is 0 Å². The Balaban J connectivity index is 1.90. The largest absolute Gasteiger partial charge is 0.452 e. The van der Waals surface area contributed by atoms with Crippen LogP contribution < -0.4 is 5.32 Å². The fourth-order valence-corrected chi connectivity index (χ4v) is 2.24. The van der Waals surface area contributed by atoms with Crippen LogP contribution >= 0.6 is 27.5 Å². The standard InChI is InChI=1S/C16H11BrClNO4/c17-11-6-7-13(18)12(8-11)16(22)23-9-14(20)19-15(21)10-4-2-1-3-5-10/h1-8H,9H2,(H,19,20,21). The topological polar surface area (TPSA) is 72.5 Å². The molecule has 2 amide bonds. The SMILES string of the molecule is O=C(COC(=O)c1cc(Br)ccc1Cl)NC(=O)c1ccccc1. The first-order valence-electron chi connectivity index (χ1n) is 6.49. The van der Waals surface area contributed by atoms with Gasteiger partial charge in [0.25, 0.3) is 11.8 Å². The molecule has 1 N–H and O–H groups in total. The number of halogens is 2. The van der Waals surface area contributed by atoms with Crippen molar-refractivity contribution < 1.29 is 19.1 Å². The van der Waals surface area contributed by atoms with E-state index in [2.05, 4.69) is 21.2 Å². The van der Waals surface area contributed by atoms with E-state index < -0.39 is 24.4 Å².